The molecule has 2 saturated heterocycles. The Hall–Kier alpha value is -0.610. The van der Waals surface area contributed by atoms with E-state index in [-0.39, 0.29) is 29.4 Å². The number of hydrogen-bond donors (Lipinski definition) is 2. The van der Waals surface area contributed by atoms with Crippen molar-refractivity contribution in [3.8, 4) is 0 Å². The van der Waals surface area contributed by atoms with Crippen molar-refractivity contribution in [2.75, 3.05) is 52.7 Å². The topological polar surface area (TPSA) is 64.1 Å². The predicted octanol–water partition coefficient (Wildman–Crippen LogP) is 4.15. The smallest absolute Gasteiger partial charge is 0.191 e. The highest BCUT2D eigenvalue weighted by Gasteiger charge is 2.34. The lowest BCUT2D eigenvalue weighted by Gasteiger charge is -2.36. The lowest BCUT2D eigenvalue weighted by atomic mass is 9.74. The van der Waals surface area contributed by atoms with Crippen molar-refractivity contribution in [3.05, 3.63) is 34.9 Å². The molecule has 0 bridgehead atoms. The Balaban J connectivity index is 0.00000341. The lowest BCUT2D eigenvalue weighted by Crippen LogP contribution is -2.41. The van der Waals surface area contributed by atoms with E-state index in [0.29, 0.717) is 19.3 Å². The number of benzene rings is 1. The minimum atomic E-state index is -0.0319. The highest BCUT2D eigenvalue weighted by atomic mass is 127. The molecule has 31 heavy (non-hydrogen) atoms. The van der Waals surface area contributed by atoms with Crippen LogP contribution in [-0.4, -0.2) is 64.7 Å². The average Bonchev–Trinajstić information content (AvgIpc) is 3.28. The Morgan fingerprint density at radius 2 is 2.10 bits per heavy atom. The molecule has 0 saturated carbocycles. The van der Waals surface area contributed by atoms with Crippen molar-refractivity contribution < 1.29 is 14.2 Å². The van der Waals surface area contributed by atoms with Gasteiger partial charge in [0.1, 0.15) is 0 Å². The van der Waals surface area contributed by atoms with Crippen LogP contribution in [0.15, 0.2) is 29.3 Å². The molecular formula is C23H37ClIN3O3. The fourth-order valence-corrected chi connectivity index (χ4v) is 4.25. The quantitative estimate of drug-likeness (QED) is 0.193. The molecule has 0 spiro atoms. The Bertz CT molecular complexity index is 665. The molecule has 1 atom stereocenters. The van der Waals surface area contributed by atoms with Crippen molar-refractivity contribution >= 4 is 41.5 Å². The number of halogens is 2. The van der Waals surface area contributed by atoms with Gasteiger partial charge in [0.25, 0.3) is 0 Å². The van der Waals surface area contributed by atoms with Crippen LogP contribution >= 0.6 is 35.6 Å². The number of nitrogens with one attached hydrogen (secondary N) is 2. The standard InChI is InChI=1S/C23H36ClN3O3.HI/c1-2-25-22(26-11-5-12-29-17-21-8-4-13-30-21)27-18-23(9-14-28-15-10-23)19-6-3-7-20(24)16-19;/h3,6-7,16,21H,2,4-5,8-15,17-18H2,1H3,(H2,25,26,27);1H. The van der Waals surface area contributed by atoms with E-state index in [2.05, 4.69) is 29.7 Å². The third kappa shape index (κ3) is 8.68. The highest BCUT2D eigenvalue weighted by molar-refractivity contribution is 14.0. The lowest BCUT2D eigenvalue weighted by molar-refractivity contribution is 0.0168. The van der Waals surface area contributed by atoms with E-state index in [0.717, 1.165) is 82.6 Å². The van der Waals surface area contributed by atoms with Gasteiger partial charge >= 0.3 is 0 Å². The van der Waals surface area contributed by atoms with Crippen LogP contribution in [0.1, 0.15) is 44.6 Å². The first-order chi connectivity index (χ1) is 14.7. The van der Waals surface area contributed by atoms with Crippen LogP contribution in [0.4, 0.5) is 0 Å². The normalized spacial score (nSPS) is 20.8. The monoisotopic (exact) mass is 565 g/mol. The van der Waals surface area contributed by atoms with Gasteiger partial charge in [-0.05, 0) is 56.7 Å². The van der Waals surface area contributed by atoms with Crippen LogP contribution in [0.2, 0.25) is 5.02 Å². The molecule has 1 unspecified atom stereocenters. The van der Waals surface area contributed by atoms with Crippen LogP contribution in [0.25, 0.3) is 0 Å². The fraction of sp³-hybridized carbons (Fsp3) is 0.696. The SMILES string of the molecule is CCNC(=NCC1(c2cccc(Cl)c2)CCOCC1)NCCCOCC1CCCO1.I. The summed E-state index contributed by atoms with van der Waals surface area (Å²) in [6, 6.07) is 8.19. The van der Waals surface area contributed by atoms with Crippen LogP contribution in [0.3, 0.4) is 0 Å². The first-order valence-corrected chi connectivity index (χ1v) is 11.6. The number of aliphatic imine (C=N–C) groups is 1. The molecule has 176 valence electrons. The van der Waals surface area contributed by atoms with Crippen LogP contribution in [0.5, 0.6) is 0 Å². The van der Waals surface area contributed by atoms with Gasteiger partial charge in [0, 0.05) is 50.0 Å². The second-order valence-corrected chi connectivity index (χ2v) is 8.52. The summed E-state index contributed by atoms with van der Waals surface area (Å²) in [5.41, 5.74) is 1.22. The summed E-state index contributed by atoms with van der Waals surface area (Å²) in [4.78, 5) is 4.93. The summed E-state index contributed by atoms with van der Waals surface area (Å²) in [7, 11) is 0. The number of rotatable bonds is 10. The molecule has 0 radical (unpaired) electrons. The van der Waals surface area contributed by atoms with E-state index in [9.17, 15) is 0 Å². The van der Waals surface area contributed by atoms with Crippen LogP contribution in [-0.2, 0) is 19.6 Å². The molecule has 1 aromatic rings. The van der Waals surface area contributed by atoms with Crippen molar-refractivity contribution in [1.29, 1.82) is 0 Å². The predicted molar refractivity (Wildman–Crippen MR) is 137 cm³/mol. The second-order valence-electron chi connectivity index (χ2n) is 8.09. The first-order valence-electron chi connectivity index (χ1n) is 11.3. The van der Waals surface area contributed by atoms with E-state index in [4.69, 9.17) is 30.8 Å². The largest absolute Gasteiger partial charge is 0.381 e. The van der Waals surface area contributed by atoms with E-state index in [1.165, 1.54) is 5.56 Å². The van der Waals surface area contributed by atoms with E-state index in [1.807, 2.05) is 12.1 Å². The maximum absolute atomic E-state index is 6.28. The third-order valence-corrected chi connectivity index (χ3v) is 6.09. The van der Waals surface area contributed by atoms with Crippen molar-refractivity contribution in [3.63, 3.8) is 0 Å². The fourth-order valence-electron chi connectivity index (χ4n) is 4.06. The Kier molecular flexibility index (Phi) is 12.5. The van der Waals surface area contributed by atoms with Crippen molar-refractivity contribution in [2.24, 2.45) is 4.99 Å². The van der Waals surface area contributed by atoms with Gasteiger partial charge in [0.05, 0.1) is 19.3 Å². The summed E-state index contributed by atoms with van der Waals surface area (Å²) in [6.45, 7) is 8.28. The average molecular weight is 566 g/mol. The minimum Gasteiger partial charge on any atom is -0.381 e. The van der Waals surface area contributed by atoms with Gasteiger partial charge < -0.3 is 24.8 Å². The minimum absolute atomic E-state index is 0. The third-order valence-electron chi connectivity index (χ3n) is 5.86. The molecule has 1 aromatic carbocycles. The van der Waals surface area contributed by atoms with Gasteiger partial charge in [-0.1, -0.05) is 23.7 Å². The second kappa shape index (κ2) is 14.5. The molecule has 6 nitrogen and oxygen atoms in total. The molecular weight excluding hydrogens is 529 g/mol. The number of nitrogens with zero attached hydrogens (tertiary/aromatic N) is 1. The van der Waals surface area contributed by atoms with Crippen molar-refractivity contribution in [1.82, 2.24) is 10.6 Å². The summed E-state index contributed by atoms with van der Waals surface area (Å²) in [6.07, 6.45) is 5.40. The van der Waals surface area contributed by atoms with Gasteiger partial charge in [0.2, 0.25) is 0 Å². The summed E-state index contributed by atoms with van der Waals surface area (Å²) >= 11 is 6.28. The summed E-state index contributed by atoms with van der Waals surface area (Å²) in [5.74, 6) is 0.851. The number of ether oxygens (including phenoxy) is 3. The summed E-state index contributed by atoms with van der Waals surface area (Å²) in [5, 5.41) is 7.57. The summed E-state index contributed by atoms with van der Waals surface area (Å²) < 4.78 is 17.0. The Morgan fingerprint density at radius 3 is 2.81 bits per heavy atom. The Labute approximate surface area is 208 Å². The van der Waals surface area contributed by atoms with E-state index >= 15 is 0 Å². The maximum atomic E-state index is 6.28. The molecule has 0 aliphatic carbocycles. The van der Waals surface area contributed by atoms with Gasteiger partial charge in [-0.2, -0.15) is 0 Å². The molecule has 2 aliphatic rings. The van der Waals surface area contributed by atoms with Crippen LogP contribution < -0.4 is 10.6 Å². The highest BCUT2D eigenvalue weighted by Crippen LogP contribution is 2.36. The van der Waals surface area contributed by atoms with Gasteiger partial charge in [0.15, 0.2) is 5.96 Å². The first kappa shape index (κ1) is 26.6. The van der Waals surface area contributed by atoms with Gasteiger partial charge in [-0.15, -0.1) is 24.0 Å². The van der Waals surface area contributed by atoms with Crippen molar-refractivity contribution in [2.45, 2.75) is 50.5 Å². The molecule has 2 N–H and O–H groups in total. The zero-order chi connectivity index (χ0) is 21.1. The molecule has 8 heteroatoms. The van der Waals surface area contributed by atoms with Gasteiger partial charge in [-0.3, -0.25) is 4.99 Å². The molecule has 3 rings (SSSR count). The number of hydrogen-bond acceptors (Lipinski definition) is 4. The molecule has 2 aliphatic heterocycles. The zero-order valence-electron chi connectivity index (χ0n) is 18.5. The molecule has 2 fully saturated rings. The molecule has 2 heterocycles. The Morgan fingerprint density at radius 1 is 1.26 bits per heavy atom. The number of guanidine groups is 1. The molecule has 0 amide bonds. The maximum Gasteiger partial charge on any atom is 0.191 e. The zero-order valence-corrected chi connectivity index (χ0v) is 21.6. The molecule has 0 aromatic heterocycles. The van der Waals surface area contributed by atoms with Crippen LogP contribution in [0, 0.1) is 0 Å². The van der Waals surface area contributed by atoms with E-state index < -0.39 is 0 Å². The van der Waals surface area contributed by atoms with Gasteiger partial charge in [-0.25, -0.2) is 0 Å². The van der Waals surface area contributed by atoms with E-state index in [1.54, 1.807) is 0 Å².